The van der Waals surface area contributed by atoms with Gasteiger partial charge in [-0.1, -0.05) is 12.1 Å². The average Bonchev–Trinajstić information content (AvgIpc) is 2.75. The largest absolute Gasteiger partial charge is 0.496 e. The Balaban J connectivity index is 1.88. The molecule has 0 aromatic heterocycles. The summed E-state index contributed by atoms with van der Waals surface area (Å²) in [6.45, 7) is 1.48. The lowest BCUT2D eigenvalue weighted by Gasteiger charge is -2.23. The van der Waals surface area contributed by atoms with Crippen molar-refractivity contribution in [2.24, 2.45) is 0 Å². The van der Waals surface area contributed by atoms with Crippen molar-refractivity contribution in [3.63, 3.8) is 0 Å². The summed E-state index contributed by atoms with van der Waals surface area (Å²) < 4.78 is 10.9. The lowest BCUT2D eigenvalue weighted by Crippen LogP contribution is -2.27. The van der Waals surface area contributed by atoms with Gasteiger partial charge >= 0.3 is 0 Å². The number of hydrogen-bond acceptors (Lipinski definition) is 4. The normalized spacial score (nSPS) is 14.6. The highest BCUT2D eigenvalue weighted by Gasteiger charge is 2.28. The fourth-order valence-corrected chi connectivity index (χ4v) is 4.10. The number of benzene rings is 2. The Labute approximate surface area is 182 Å². The van der Waals surface area contributed by atoms with Gasteiger partial charge in [-0.25, -0.2) is 0 Å². The fourth-order valence-electron chi connectivity index (χ4n) is 3.69. The molecule has 0 spiro atoms. The van der Waals surface area contributed by atoms with E-state index in [0.29, 0.717) is 29.5 Å². The molecule has 3 rings (SSSR count). The number of alkyl halides is 2. The number of ether oxygens (including phenoxy) is 2. The number of carbonyl (C=O) groups excluding carboxylic acids is 1. The van der Waals surface area contributed by atoms with Gasteiger partial charge in [0.25, 0.3) is 0 Å². The highest BCUT2D eigenvalue weighted by Crippen LogP contribution is 2.38. The van der Waals surface area contributed by atoms with Crippen LogP contribution in [0, 0.1) is 0 Å². The van der Waals surface area contributed by atoms with Crippen molar-refractivity contribution in [3.05, 3.63) is 58.7 Å². The van der Waals surface area contributed by atoms with Crippen LogP contribution in [0.4, 0.5) is 5.69 Å². The van der Waals surface area contributed by atoms with Crippen molar-refractivity contribution >= 4 is 40.7 Å². The number of methoxy groups -OCH3 is 2. The van der Waals surface area contributed by atoms with E-state index >= 15 is 0 Å². The molecule has 29 heavy (non-hydrogen) atoms. The first-order chi connectivity index (χ1) is 14.1. The Hall–Kier alpha value is -2.17. The summed E-state index contributed by atoms with van der Waals surface area (Å²) in [6.07, 6.45) is 3.37. The summed E-state index contributed by atoms with van der Waals surface area (Å²) in [6, 6.07) is 11.8. The van der Waals surface area contributed by atoms with E-state index in [1.165, 1.54) is 0 Å². The first kappa shape index (κ1) is 21.5. The van der Waals surface area contributed by atoms with Gasteiger partial charge in [0.15, 0.2) is 5.78 Å². The van der Waals surface area contributed by atoms with E-state index in [4.69, 9.17) is 32.7 Å². The highest BCUT2D eigenvalue weighted by atomic mass is 35.5. The third kappa shape index (κ3) is 4.71. The Bertz CT molecular complexity index is 888. The quantitative estimate of drug-likeness (QED) is 0.423. The second-order valence-corrected chi connectivity index (χ2v) is 7.53. The summed E-state index contributed by atoms with van der Waals surface area (Å²) >= 11 is 11.8. The minimum atomic E-state index is -0.00279. The first-order valence-electron chi connectivity index (χ1n) is 9.59. The second kappa shape index (κ2) is 10.0. The van der Waals surface area contributed by atoms with Gasteiger partial charge in [-0.3, -0.25) is 4.79 Å². The Morgan fingerprint density at radius 1 is 0.931 bits per heavy atom. The molecule has 0 radical (unpaired) electrons. The van der Waals surface area contributed by atoms with Gasteiger partial charge in [0, 0.05) is 41.7 Å². The van der Waals surface area contributed by atoms with Gasteiger partial charge in [0.2, 0.25) is 0 Å². The van der Waals surface area contributed by atoms with E-state index in [2.05, 4.69) is 4.90 Å². The number of ketones is 1. The summed E-state index contributed by atoms with van der Waals surface area (Å²) in [5.74, 6) is 2.40. The standard InChI is InChI=1S/C23H25Cl2NO3/c1-28-20-9-10-21(29-2)22-19(20)8-5-17(23(22)27)15-16-3-6-18(7-4-16)26(13-11-24)14-12-25/h3-4,6-7,9-10,15H,5,8,11-14H2,1-2H3/b17-15+. The fraction of sp³-hybridized carbons (Fsp3) is 0.348. The zero-order valence-corrected chi connectivity index (χ0v) is 18.2. The van der Waals surface area contributed by atoms with Gasteiger partial charge < -0.3 is 14.4 Å². The lowest BCUT2D eigenvalue weighted by atomic mass is 9.85. The molecule has 1 aliphatic carbocycles. The number of rotatable bonds is 8. The maximum absolute atomic E-state index is 13.2. The van der Waals surface area contributed by atoms with Crippen LogP contribution in [0.5, 0.6) is 11.5 Å². The third-order valence-electron chi connectivity index (χ3n) is 5.14. The molecule has 0 atom stereocenters. The van der Waals surface area contributed by atoms with E-state index in [-0.39, 0.29) is 5.78 Å². The van der Waals surface area contributed by atoms with Crippen molar-refractivity contribution in [2.45, 2.75) is 12.8 Å². The van der Waals surface area contributed by atoms with Gasteiger partial charge in [-0.15, -0.1) is 23.2 Å². The Kier molecular flexibility index (Phi) is 7.45. The minimum absolute atomic E-state index is 0.00279. The molecule has 0 heterocycles. The second-order valence-electron chi connectivity index (χ2n) is 6.78. The number of fused-ring (bicyclic) bond motifs is 1. The van der Waals surface area contributed by atoms with Crippen LogP contribution >= 0.6 is 23.2 Å². The number of allylic oxidation sites excluding steroid dienone is 1. The average molecular weight is 434 g/mol. The maximum atomic E-state index is 13.2. The zero-order chi connectivity index (χ0) is 20.8. The van der Waals surface area contributed by atoms with Crippen LogP contribution in [0.3, 0.4) is 0 Å². The minimum Gasteiger partial charge on any atom is -0.496 e. The molecule has 0 amide bonds. The number of nitrogens with zero attached hydrogens (tertiary/aromatic N) is 1. The SMILES string of the molecule is COc1ccc(OC)c2c1CC/C(=C\c1ccc(N(CCCl)CCCl)cc1)C2=O. The third-order valence-corrected chi connectivity index (χ3v) is 5.48. The molecule has 0 saturated carbocycles. The zero-order valence-electron chi connectivity index (χ0n) is 16.7. The molecule has 0 unspecified atom stereocenters. The van der Waals surface area contributed by atoms with Gasteiger partial charge in [-0.2, -0.15) is 0 Å². The van der Waals surface area contributed by atoms with Crippen molar-refractivity contribution in [1.82, 2.24) is 0 Å². The van der Waals surface area contributed by atoms with Crippen LogP contribution < -0.4 is 14.4 Å². The van der Waals surface area contributed by atoms with Gasteiger partial charge in [0.05, 0.1) is 19.8 Å². The summed E-state index contributed by atoms with van der Waals surface area (Å²) in [5.41, 5.74) is 4.35. The smallest absolute Gasteiger partial charge is 0.193 e. The molecule has 4 nitrogen and oxygen atoms in total. The van der Waals surface area contributed by atoms with Crippen molar-refractivity contribution in [3.8, 4) is 11.5 Å². The number of hydrogen-bond donors (Lipinski definition) is 0. The van der Waals surface area contributed by atoms with Crippen LogP contribution in [0.15, 0.2) is 42.0 Å². The molecule has 154 valence electrons. The Morgan fingerprint density at radius 2 is 1.55 bits per heavy atom. The number of Topliss-reactive ketones (excluding diaryl/α,β-unsaturated/α-hetero) is 1. The van der Waals surface area contributed by atoms with Crippen molar-refractivity contribution < 1.29 is 14.3 Å². The predicted molar refractivity (Wildman–Crippen MR) is 120 cm³/mol. The van der Waals surface area contributed by atoms with Crippen LogP contribution in [0.25, 0.3) is 6.08 Å². The molecular formula is C23H25Cl2NO3. The van der Waals surface area contributed by atoms with E-state index in [9.17, 15) is 4.79 Å². The Morgan fingerprint density at radius 3 is 2.14 bits per heavy atom. The van der Waals surface area contributed by atoms with E-state index < -0.39 is 0 Å². The number of halogens is 2. The lowest BCUT2D eigenvalue weighted by molar-refractivity contribution is 0.102. The molecule has 6 heteroatoms. The van der Waals surface area contributed by atoms with E-state index in [1.54, 1.807) is 20.3 Å². The van der Waals surface area contributed by atoms with Gasteiger partial charge in [-0.05, 0) is 48.7 Å². The topological polar surface area (TPSA) is 38.8 Å². The van der Waals surface area contributed by atoms with Crippen LogP contribution in [-0.4, -0.2) is 44.9 Å². The molecule has 0 N–H and O–H groups in total. The van der Waals surface area contributed by atoms with Gasteiger partial charge in [0.1, 0.15) is 11.5 Å². The molecule has 0 fully saturated rings. The highest BCUT2D eigenvalue weighted by molar-refractivity contribution is 6.18. The molecule has 0 aliphatic heterocycles. The summed E-state index contributed by atoms with van der Waals surface area (Å²) in [4.78, 5) is 15.3. The monoisotopic (exact) mass is 433 g/mol. The first-order valence-corrected chi connectivity index (χ1v) is 10.7. The molecule has 2 aromatic rings. The maximum Gasteiger partial charge on any atom is 0.193 e. The van der Waals surface area contributed by atoms with Crippen LogP contribution in [-0.2, 0) is 6.42 Å². The van der Waals surface area contributed by atoms with E-state index in [0.717, 1.165) is 47.6 Å². The number of anilines is 1. The summed E-state index contributed by atoms with van der Waals surface area (Å²) in [7, 11) is 3.21. The predicted octanol–water partition coefficient (Wildman–Crippen LogP) is 5.20. The van der Waals surface area contributed by atoms with E-state index in [1.807, 2.05) is 36.4 Å². The molecule has 0 bridgehead atoms. The van der Waals surface area contributed by atoms with Crippen LogP contribution in [0.2, 0.25) is 0 Å². The van der Waals surface area contributed by atoms with Crippen molar-refractivity contribution in [1.29, 1.82) is 0 Å². The molecule has 2 aromatic carbocycles. The van der Waals surface area contributed by atoms with Crippen LogP contribution in [0.1, 0.15) is 27.9 Å². The molecular weight excluding hydrogens is 409 g/mol. The number of carbonyl (C=O) groups is 1. The molecule has 0 saturated heterocycles. The molecule has 1 aliphatic rings. The summed E-state index contributed by atoms with van der Waals surface area (Å²) in [5, 5.41) is 0. The van der Waals surface area contributed by atoms with Crippen molar-refractivity contribution in [2.75, 3.05) is 44.0 Å².